The largest absolute Gasteiger partial charge is 0.256 e. The minimum atomic E-state index is -3.63. The molecule has 0 amide bonds. The van der Waals surface area contributed by atoms with Gasteiger partial charge < -0.3 is 0 Å². The van der Waals surface area contributed by atoms with Crippen LogP contribution in [0.3, 0.4) is 0 Å². The van der Waals surface area contributed by atoms with E-state index < -0.39 is 10.0 Å². The van der Waals surface area contributed by atoms with Crippen molar-refractivity contribution in [1.29, 1.82) is 0 Å². The molecule has 0 unspecified atom stereocenters. The monoisotopic (exact) mass is 454 g/mol. The molecule has 1 aromatic heterocycles. The van der Waals surface area contributed by atoms with Gasteiger partial charge in [0.15, 0.2) is 0 Å². The molecule has 0 saturated carbocycles. The zero-order valence-corrected chi connectivity index (χ0v) is 19.2. The van der Waals surface area contributed by atoms with Gasteiger partial charge in [0.2, 0.25) is 10.0 Å². The maximum atomic E-state index is 12.9. The van der Waals surface area contributed by atoms with E-state index in [1.807, 2.05) is 54.7 Å². The van der Waals surface area contributed by atoms with Crippen molar-refractivity contribution >= 4 is 26.5 Å². The van der Waals surface area contributed by atoms with Gasteiger partial charge in [0, 0.05) is 18.1 Å². The van der Waals surface area contributed by atoms with Crippen molar-refractivity contribution < 1.29 is 8.42 Å². The minimum Gasteiger partial charge on any atom is -0.256 e. The van der Waals surface area contributed by atoms with Crippen LogP contribution in [0.1, 0.15) is 36.8 Å². The number of rotatable bonds is 6. The third kappa shape index (κ3) is 4.75. The molecule has 33 heavy (non-hydrogen) atoms. The molecule has 3 aromatic carbocycles. The Hall–Kier alpha value is -3.28. The molecular formula is C28H26N2O2S. The van der Waals surface area contributed by atoms with Crippen LogP contribution < -0.4 is 4.72 Å². The van der Waals surface area contributed by atoms with Crippen molar-refractivity contribution in [2.75, 3.05) is 0 Å². The molecule has 1 aliphatic rings. The van der Waals surface area contributed by atoms with Gasteiger partial charge in [0.05, 0.1) is 10.4 Å². The van der Waals surface area contributed by atoms with E-state index in [0.29, 0.717) is 0 Å². The second-order valence-electron chi connectivity index (χ2n) is 8.40. The fourth-order valence-corrected chi connectivity index (χ4v) is 5.45. The first-order chi connectivity index (χ1) is 16.1. The summed E-state index contributed by atoms with van der Waals surface area (Å²) in [4.78, 5) is 4.81. The Bertz CT molecular complexity index is 1430. The van der Waals surface area contributed by atoms with E-state index in [2.05, 4.69) is 27.9 Å². The number of benzene rings is 3. The van der Waals surface area contributed by atoms with Crippen LogP contribution in [0, 0.1) is 0 Å². The van der Waals surface area contributed by atoms with Crippen LogP contribution >= 0.6 is 0 Å². The SMILES string of the molecule is O=S(=O)(NCc1ccccc1)c1cccc(-c2ccc3nccc(C4=CCCCC4)c3c2)c1. The van der Waals surface area contributed by atoms with Crippen LogP contribution in [0.4, 0.5) is 0 Å². The first kappa shape index (κ1) is 21.6. The lowest BCUT2D eigenvalue weighted by molar-refractivity contribution is 0.581. The molecule has 1 aliphatic carbocycles. The van der Waals surface area contributed by atoms with Gasteiger partial charge in [-0.3, -0.25) is 4.98 Å². The molecule has 0 atom stereocenters. The average Bonchev–Trinajstić information content (AvgIpc) is 2.88. The lowest BCUT2D eigenvalue weighted by Crippen LogP contribution is -2.23. The van der Waals surface area contributed by atoms with Gasteiger partial charge in [-0.15, -0.1) is 0 Å². The molecule has 0 fully saturated rings. The molecule has 4 nitrogen and oxygen atoms in total. The fourth-order valence-electron chi connectivity index (χ4n) is 4.39. The normalized spacial score (nSPS) is 14.2. The van der Waals surface area contributed by atoms with E-state index in [4.69, 9.17) is 0 Å². The molecule has 0 aliphatic heterocycles. The van der Waals surface area contributed by atoms with Crippen LogP contribution in [-0.2, 0) is 16.6 Å². The van der Waals surface area contributed by atoms with Gasteiger partial charge in [-0.25, -0.2) is 13.1 Å². The van der Waals surface area contributed by atoms with Crippen molar-refractivity contribution in [1.82, 2.24) is 9.71 Å². The summed E-state index contributed by atoms with van der Waals surface area (Å²) in [5.41, 5.74) is 6.34. The second kappa shape index (κ2) is 9.30. The molecular weight excluding hydrogens is 428 g/mol. The molecule has 5 rings (SSSR count). The van der Waals surface area contributed by atoms with Crippen molar-refractivity contribution in [3.05, 3.63) is 102 Å². The molecule has 166 valence electrons. The average molecular weight is 455 g/mol. The summed E-state index contributed by atoms with van der Waals surface area (Å²) in [6, 6.07) is 24.9. The number of pyridine rings is 1. The Morgan fingerprint density at radius 2 is 1.70 bits per heavy atom. The molecule has 0 radical (unpaired) electrons. The predicted octanol–water partition coefficient (Wildman–Crippen LogP) is 6.34. The highest BCUT2D eigenvalue weighted by Gasteiger charge is 2.16. The third-order valence-corrected chi connectivity index (χ3v) is 7.56. The van der Waals surface area contributed by atoms with E-state index in [0.717, 1.165) is 40.4 Å². The Morgan fingerprint density at radius 3 is 2.52 bits per heavy atom. The van der Waals surface area contributed by atoms with Gasteiger partial charge >= 0.3 is 0 Å². The maximum absolute atomic E-state index is 12.9. The Balaban J connectivity index is 1.48. The maximum Gasteiger partial charge on any atom is 0.240 e. The third-order valence-electron chi connectivity index (χ3n) is 6.17. The standard InChI is InChI=1S/C28H26N2O2S/c31-33(32,30-20-21-8-3-1-4-9-21)25-13-7-12-23(18-25)24-14-15-28-27(19-24)26(16-17-29-28)22-10-5-2-6-11-22/h1,3-4,7-10,12-19,30H,2,5-6,11,20H2. The fraction of sp³-hybridized carbons (Fsp3) is 0.179. The highest BCUT2D eigenvalue weighted by molar-refractivity contribution is 7.89. The summed E-state index contributed by atoms with van der Waals surface area (Å²) in [7, 11) is -3.63. The van der Waals surface area contributed by atoms with Crippen LogP contribution in [0.25, 0.3) is 27.6 Å². The van der Waals surface area contributed by atoms with Crippen molar-refractivity contribution in [2.24, 2.45) is 0 Å². The van der Waals surface area contributed by atoms with Gasteiger partial charge in [-0.05, 0) is 83.8 Å². The first-order valence-corrected chi connectivity index (χ1v) is 12.8. The van der Waals surface area contributed by atoms with E-state index in [1.54, 1.807) is 18.2 Å². The molecule has 1 heterocycles. The van der Waals surface area contributed by atoms with Crippen LogP contribution in [0.5, 0.6) is 0 Å². The van der Waals surface area contributed by atoms with E-state index in [9.17, 15) is 8.42 Å². The minimum absolute atomic E-state index is 0.257. The Kier molecular flexibility index (Phi) is 6.07. The summed E-state index contributed by atoms with van der Waals surface area (Å²) in [6.07, 6.45) is 8.89. The number of nitrogens with zero attached hydrogens (tertiary/aromatic N) is 1. The number of hydrogen-bond donors (Lipinski definition) is 1. The lowest BCUT2D eigenvalue weighted by Gasteiger charge is -2.15. The summed E-state index contributed by atoms with van der Waals surface area (Å²) in [5.74, 6) is 0. The van der Waals surface area contributed by atoms with E-state index >= 15 is 0 Å². The van der Waals surface area contributed by atoms with Crippen LogP contribution in [-0.4, -0.2) is 13.4 Å². The molecule has 1 N–H and O–H groups in total. The van der Waals surface area contributed by atoms with Gasteiger partial charge in [0.1, 0.15) is 0 Å². The number of fused-ring (bicyclic) bond motifs is 1. The summed E-state index contributed by atoms with van der Waals surface area (Å²) < 4.78 is 28.6. The molecule has 5 heteroatoms. The first-order valence-electron chi connectivity index (χ1n) is 11.3. The Labute approximate surface area is 195 Å². The predicted molar refractivity (Wildman–Crippen MR) is 134 cm³/mol. The van der Waals surface area contributed by atoms with Crippen LogP contribution in [0.2, 0.25) is 0 Å². The summed E-state index contributed by atoms with van der Waals surface area (Å²) in [5, 5.41) is 1.11. The number of hydrogen-bond acceptors (Lipinski definition) is 3. The number of sulfonamides is 1. The highest BCUT2D eigenvalue weighted by Crippen LogP contribution is 2.33. The molecule has 4 aromatic rings. The highest BCUT2D eigenvalue weighted by atomic mass is 32.2. The number of allylic oxidation sites excluding steroid dienone is 2. The Morgan fingerprint density at radius 1 is 0.848 bits per heavy atom. The molecule has 0 spiro atoms. The quantitative estimate of drug-likeness (QED) is 0.370. The van der Waals surface area contributed by atoms with Gasteiger partial charge in [-0.1, -0.05) is 54.6 Å². The number of aromatic nitrogens is 1. The number of nitrogens with one attached hydrogen (secondary N) is 1. The van der Waals surface area contributed by atoms with Crippen LogP contribution in [0.15, 0.2) is 96.0 Å². The smallest absolute Gasteiger partial charge is 0.240 e. The molecule has 0 saturated heterocycles. The van der Waals surface area contributed by atoms with Crippen molar-refractivity contribution in [2.45, 2.75) is 37.1 Å². The topological polar surface area (TPSA) is 59.1 Å². The summed E-state index contributed by atoms with van der Waals surface area (Å²) in [6.45, 7) is 0.257. The lowest BCUT2D eigenvalue weighted by atomic mass is 9.91. The zero-order valence-electron chi connectivity index (χ0n) is 18.4. The van der Waals surface area contributed by atoms with Gasteiger partial charge in [-0.2, -0.15) is 0 Å². The summed E-state index contributed by atoms with van der Waals surface area (Å²) >= 11 is 0. The second-order valence-corrected chi connectivity index (χ2v) is 10.2. The van der Waals surface area contributed by atoms with Gasteiger partial charge in [0.25, 0.3) is 0 Å². The van der Waals surface area contributed by atoms with E-state index in [1.165, 1.54) is 24.0 Å². The molecule has 0 bridgehead atoms. The van der Waals surface area contributed by atoms with Crippen molar-refractivity contribution in [3.8, 4) is 11.1 Å². The zero-order chi connectivity index (χ0) is 22.7. The van der Waals surface area contributed by atoms with E-state index in [-0.39, 0.29) is 11.4 Å². The van der Waals surface area contributed by atoms with Crippen molar-refractivity contribution in [3.63, 3.8) is 0 Å².